The first-order valence-corrected chi connectivity index (χ1v) is 9.45. The summed E-state index contributed by atoms with van der Waals surface area (Å²) in [5.74, 6) is 1.04. The van der Waals surface area contributed by atoms with Crippen molar-refractivity contribution < 1.29 is 4.79 Å². The molecule has 1 aromatic heterocycles. The van der Waals surface area contributed by atoms with Crippen molar-refractivity contribution in [2.24, 2.45) is 4.99 Å². The third-order valence-electron chi connectivity index (χ3n) is 2.99. The topological polar surface area (TPSA) is 54.4 Å². The maximum atomic E-state index is 12.4. The van der Waals surface area contributed by atoms with E-state index < -0.39 is 0 Å². The third-order valence-corrected chi connectivity index (χ3v) is 6.51. The Morgan fingerprint density at radius 2 is 2.33 bits per heavy atom. The van der Waals surface area contributed by atoms with Gasteiger partial charge in [-0.2, -0.15) is 0 Å². The molecule has 0 spiro atoms. The van der Waals surface area contributed by atoms with Crippen LogP contribution in [-0.2, 0) is 4.79 Å². The van der Waals surface area contributed by atoms with Crippen LogP contribution in [0.4, 0.5) is 5.13 Å². The van der Waals surface area contributed by atoms with Gasteiger partial charge in [0.25, 0.3) is 0 Å². The molecule has 1 N–H and O–H groups in total. The van der Waals surface area contributed by atoms with Crippen molar-refractivity contribution in [2.75, 3.05) is 17.6 Å². The lowest BCUT2D eigenvalue weighted by atomic mass is 10.3. The SMILES string of the molecule is CC[C@@H](SC1=NCCS1)C(=O)Nc1nc2ccccc2s1. The first kappa shape index (κ1) is 14.9. The van der Waals surface area contributed by atoms with E-state index in [1.807, 2.05) is 31.2 Å². The van der Waals surface area contributed by atoms with Gasteiger partial charge in [0.05, 0.1) is 22.0 Å². The summed E-state index contributed by atoms with van der Waals surface area (Å²) < 4.78 is 2.12. The number of thiazole rings is 1. The van der Waals surface area contributed by atoms with Crippen molar-refractivity contribution >= 4 is 60.5 Å². The number of carbonyl (C=O) groups is 1. The van der Waals surface area contributed by atoms with Crippen LogP contribution in [0.5, 0.6) is 0 Å². The molecular formula is C14H15N3OS3. The molecule has 1 aliphatic rings. The summed E-state index contributed by atoms with van der Waals surface area (Å²) in [6.45, 7) is 2.89. The quantitative estimate of drug-likeness (QED) is 0.921. The summed E-state index contributed by atoms with van der Waals surface area (Å²) in [6, 6.07) is 7.90. The van der Waals surface area contributed by atoms with Gasteiger partial charge in [0.2, 0.25) is 5.91 Å². The fraction of sp³-hybridized carbons (Fsp3) is 0.357. The Bertz CT molecular complexity index is 650. The van der Waals surface area contributed by atoms with E-state index >= 15 is 0 Å². The van der Waals surface area contributed by atoms with E-state index in [0.717, 1.165) is 33.3 Å². The number of nitrogens with zero attached hydrogens (tertiary/aromatic N) is 2. The minimum atomic E-state index is -0.110. The molecule has 0 unspecified atom stereocenters. The highest BCUT2D eigenvalue weighted by atomic mass is 32.2. The van der Waals surface area contributed by atoms with Crippen molar-refractivity contribution in [3.05, 3.63) is 24.3 Å². The van der Waals surface area contributed by atoms with Gasteiger partial charge in [0.15, 0.2) is 5.13 Å². The van der Waals surface area contributed by atoms with E-state index in [2.05, 4.69) is 15.3 Å². The van der Waals surface area contributed by atoms with E-state index in [1.54, 1.807) is 23.5 Å². The van der Waals surface area contributed by atoms with E-state index in [0.29, 0.717) is 5.13 Å². The van der Waals surface area contributed by atoms with Crippen LogP contribution in [0.3, 0.4) is 0 Å². The molecule has 2 heterocycles. The van der Waals surface area contributed by atoms with Crippen molar-refractivity contribution in [1.82, 2.24) is 4.98 Å². The van der Waals surface area contributed by atoms with Crippen LogP contribution in [0.1, 0.15) is 13.3 Å². The molecule has 3 rings (SSSR count). The Morgan fingerprint density at radius 1 is 1.48 bits per heavy atom. The molecule has 0 bridgehead atoms. The number of rotatable bonds is 4. The van der Waals surface area contributed by atoms with Crippen LogP contribution in [0.25, 0.3) is 10.2 Å². The first-order chi connectivity index (χ1) is 10.3. The van der Waals surface area contributed by atoms with Gasteiger partial charge in [-0.05, 0) is 18.6 Å². The van der Waals surface area contributed by atoms with E-state index in [4.69, 9.17) is 0 Å². The zero-order valence-electron chi connectivity index (χ0n) is 11.5. The van der Waals surface area contributed by atoms with Crippen LogP contribution in [-0.4, -0.2) is 32.8 Å². The molecule has 1 aliphatic heterocycles. The second-order valence-electron chi connectivity index (χ2n) is 4.49. The van der Waals surface area contributed by atoms with E-state index in [1.165, 1.54) is 11.3 Å². The second-order valence-corrected chi connectivity index (χ2v) is 8.05. The molecule has 4 nitrogen and oxygen atoms in total. The number of aliphatic imine (C=N–C) groups is 1. The van der Waals surface area contributed by atoms with Crippen LogP contribution < -0.4 is 5.32 Å². The van der Waals surface area contributed by atoms with Gasteiger partial charge in [0.1, 0.15) is 4.38 Å². The van der Waals surface area contributed by atoms with Gasteiger partial charge in [-0.15, -0.1) is 0 Å². The van der Waals surface area contributed by atoms with Crippen molar-refractivity contribution in [2.45, 2.75) is 18.6 Å². The average Bonchev–Trinajstić information content (AvgIpc) is 3.13. The second kappa shape index (κ2) is 6.81. The van der Waals surface area contributed by atoms with Gasteiger partial charge in [-0.25, -0.2) is 4.98 Å². The molecule has 0 radical (unpaired) electrons. The summed E-state index contributed by atoms with van der Waals surface area (Å²) in [6.07, 6.45) is 0.779. The fourth-order valence-corrected chi connectivity index (χ4v) is 4.96. The molecule has 0 saturated heterocycles. The Hall–Kier alpha value is -1.05. The van der Waals surface area contributed by atoms with Gasteiger partial charge in [-0.3, -0.25) is 9.79 Å². The van der Waals surface area contributed by atoms with Crippen molar-refractivity contribution in [1.29, 1.82) is 0 Å². The highest BCUT2D eigenvalue weighted by Gasteiger charge is 2.22. The number of hydrogen-bond donors (Lipinski definition) is 1. The number of anilines is 1. The number of para-hydroxylation sites is 1. The summed E-state index contributed by atoms with van der Waals surface area (Å²) >= 11 is 4.81. The minimum absolute atomic E-state index is 0.0109. The largest absolute Gasteiger partial charge is 0.301 e. The predicted molar refractivity (Wildman–Crippen MR) is 94.7 cm³/mol. The van der Waals surface area contributed by atoms with Crippen molar-refractivity contribution in [3.63, 3.8) is 0 Å². The lowest BCUT2D eigenvalue weighted by Crippen LogP contribution is -2.25. The summed E-state index contributed by atoms with van der Waals surface area (Å²) in [5, 5.41) is 3.50. The molecule has 2 aromatic rings. The molecule has 1 atom stereocenters. The minimum Gasteiger partial charge on any atom is -0.301 e. The number of hydrogen-bond acceptors (Lipinski definition) is 6. The Morgan fingerprint density at radius 3 is 3.05 bits per heavy atom. The Labute approximate surface area is 135 Å². The smallest absolute Gasteiger partial charge is 0.239 e. The predicted octanol–water partition coefficient (Wildman–Crippen LogP) is 3.85. The number of aromatic nitrogens is 1. The summed E-state index contributed by atoms with van der Waals surface area (Å²) in [4.78, 5) is 21.2. The molecule has 1 amide bonds. The molecule has 1 aromatic carbocycles. The standard InChI is InChI=1S/C14H15N3OS3/c1-2-10(21-14-15-7-8-19-14)12(18)17-13-16-9-5-3-4-6-11(9)20-13/h3-6,10H,2,7-8H2,1H3,(H,16,17,18)/t10-/m1/s1. The normalized spacial score (nSPS) is 16.0. The van der Waals surface area contributed by atoms with Gasteiger partial charge in [0, 0.05) is 5.75 Å². The van der Waals surface area contributed by atoms with Gasteiger partial charge < -0.3 is 5.32 Å². The third kappa shape index (κ3) is 3.59. The molecule has 0 saturated carbocycles. The fourth-order valence-electron chi connectivity index (χ4n) is 1.94. The number of carbonyl (C=O) groups excluding carboxylic acids is 1. The van der Waals surface area contributed by atoms with Crippen LogP contribution in [0, 0.1) is 0 Å². The first-order valence-electron chi connectivity index (χ1n) is 6.76. The van der Waals surface area contributed by atoms with Gasteiger partial charge in [-0.1, -0.05) is 53.9 Å². The zero-order chi connectivity index (χ0) is 14.7. The van der Waals surface area contributed by atoms with Crippen LogP contribution in [0.2, 0.25) is 0 Å². The molecule has 7 heteroatoms. The average molecular weight is 337 g/mol. The molecule has 110 valence electrons. The number of amides is 1. The lowest BCUT2D eigenvalue weighted by Gasteiger charge is -2.12. The summed E-state index contributed by atoms with van der Waals surface area (Å²) in [7, 11) is 0. The maximum absolute atomic E-state index is 12.4. The monoisotopic (exact) mass is 337 g/mol. The number of benzene rings is 1. The number of thioether (sulfide) groups is 2. The summed E-state index contributed by atoms with van der Waals surface area (Å²) in [5.41, 5.74) is 0.925. The molecule has 0 fully saturated rings. The number of nitrogens with one attached hydrogen (secondary N) is 1. The Kier molecular flexibility index (Phi) is 4.82. The maximum Gasteiger partial charge on any atom is 0.239 e. The number of fused-ring (bicyclic) bond motifs is 1. The zero-order valence-corrected chi connectivity index (χ0v) is 14.0. The van der Waals surface area contributed by atoms with E-state index in [9.17, 15) is 4.79 Å². The molecule has 21 heavy (non-hydrogen) atoms. The van der Waals surface area contributed by atoms with Crippen LogP contribution in [0.15, 0.2) is 29.3 Å². The van der Waals surface area contributed by atoms with E-state index in [-0.39, 0.29) is 11.2 Å². The highest BCUT2D eigenvalue weighted by molar-refractivity contribution is 8.39. The Balaban J connectivity index is 1.68. The van der Waals surface area contributed by atoms with Crippen LogP contribution >= 0.6 is 34.9 Å². The molecule has 0 aliphatic carbocycles. The highest BCUT2D eigenvalue weighted by Crippen LogP contribution is 2.30. The van der Waals surface area contributed by atoms with Gasteiger partial charge >= 0.3 is 0 Å². The lowest BCUT2D eigenvalue weighted by molar-refractivity contribution is -0.115. The van der Waals surface area contributed by atoms with Crippen molar-refractivity contribution in [3.8, 4) is 0 Å². The molecular weight excluding hydrogens is 322 g/mol.